The molecule has 0 unspecified atom stereocenters. The largest absolute Gasteiger partial charge is 0.493 e. The Balaban J connectivity index is 1.31. The lowest BCUT2D eigenvalue weighted by Gasteiger charge is -2.28. The van der Waals surface area contributed by atoms with Crippen LogP contribution in [0.25, 0.3) is 6.08 Å². The minimum absolute atomic E-state index is 0.102. The molecule has 2 aliphatic rings. The van der Waals surface area contributed by atoms with Gasteiger partial charge < -0.3 is 19.1 Å². The summed E-state index contributed by atoms with van der Waals surface area (Å²) in [6.45, 7) is 3.65. The fraction of sp³-hybridized carbons (Fsp3) is 0.241. The van der Waals surface area contributed by atoms with Crippen LogP contribution < -0.4 is 14.4 Å². The molecular weight excluding hydrogens is 646 g/mol. The van der Waals surface area contributed by atoms with Gasteiger partial charge in [0.25, 0.3) is 5.91 Å². The number of likely N-dealkylation sites (N-methyl/N-ethyl adjacent to an activating group) is 1. The number of hydrogen-bond acceptors (Lipinski definition) is 7. The zero-order valence-electron chi connectivity index (χ0n) is 21.5. The molecule has 2 fully saturated rings. The molecule has 39 heavy (non-hydrogen) atoms. The average Bonchev–Trinajstić information content (AvgIpc) is 3.21. The van der Waals surface area contributed by atoms with Gasteiger partial charge in [-0.15, -0.1) is 0 Å². The van der Waals surface area contributed by atoms with E-state index in [1.165, 1.54) is 11.8 Å². The zero-order valence-corrected chi connectivity index (χ0v) is 25.5. The van der Waals surface area contributed by atoms with Crippen LogP contribution in [0.3, 0.4) is 0 Å². The highest BCUT2D eigenvalue weighted by Crippen LogP contribution is 2.40. The Labute approximate surface area is 249 Å². The summed E-state index contributed by atoms with van der Waals surface area (Å²) >= 11 is 8.41. The van der Waals surface area contributed by atoms with Crippen LogP contribution in [0.4, 0.5) is 11.4 Å². The van der Waals surface area contributed by atoms with Crippen LogP contribution in [-0.2, 0) is 16.1 Å². The second-order valence-electron chi connectivity index (χ2n) is 8.93. The number of thioether (sulfide) groups is 1. The highest BCUT2D eigenvalue weighted by atomic mass is 79.9. The first kappa shape index (κ1) is 27.8. The lowest BCUT2D eigenvalue weighted by atomic mass is 10.1. The van der Waals surface area contributed by atoms with E-state index in [1.807, 2.05) is 54.6 Å². The number of anilines is 1. The van der Waals surface area contributed by atoms with E-state index in [1.54, 1.807) is 19.1 Å². The number of ether oxygens (including phenoxy) is 3. The number of methoxy groups -OCH3 is 1. The number of morpholine rings is 1. The molecule has 2 aliphatic heterocycles. The van der Waals surface area contributed by atoms with Crippen molar-refractivity contribution >= 4 is 72.1 Å². The molecule has 0 saturated carbocycles. The molecule has 2 heterocycles. The third-order valence-corrected chi connectivity index (χ3v) is 8.48. The number of carbonyl (C=O) groups is 1. The summed E-state index contributed by atoms with van der Waals surface area (Å²) in [5.74, 6) is 1.08. The van der Waals surface area contributed by atoms with Crippen LogP contribution in [0.2, 0.25) is 0 Å². The summed E-state index contributed by atoms with van der Waals surface area (Å²) in [4.78, 5) is 22.2. The second-order valence-corrected chi connectivity index (χ2v) is 11.7. The normalized spacial score (nSPS) is 17.8. The van der Waals surface area contributed by atoms with E-state index >= 15 is 0 Å². The Bertz CT molecular complexity index is 1410. The van der Waals surface area contributed by atoms with Crippen molar-refractivity contribution in [2.75, 3.05) is 45.4 Å². The van der Waals surface area contributed by atoms with E-state index in [0.29, 0.717) is 28.2 Å². The van der Waals surface area contributed by atoms with Gasteiger partial charge in [0, 0.05) is 30.3 Å². The summed E-state index contributed by atoms with van der Waals surface area (Å²) < 4.78 is 18.9. The standard InChI is InChI=1S/C29H27Br2N3O4S/c1-33-28(35)26(39-29(33)32-22-7-9-23(10-8-22)34-11-13-37-14-12-34)17-20-15-24(31)27(25(16-20)36-2)38-18-19-3-5-21(30)6-4-19/h3-10,15-17H,11-14,18H2,1-2H3/b26-17-,32-29?. The molecule has 3 aromatic carbocycles. The molecule has 0 N–H and O–H groups in total. The highest BCUT2D eigenvalue weighted by molar-refractivity contribution is 9.10. The number of benzene rings is 3. The number of halogens is 2. The van der Waals surface area contributed by atoms with Crippen molar-refractivity contribution in [3.05, 3.63) is 85.6 Å². The monoisotopic (exact) mass is 671 g/mol. The van der Waals surface area contributed by atoms with Gasteiger partial charge in [-0.2, -0.15) is 0 Å². The van der Waals surface area contributed by atoms with Gasteiger partial charge in [-0.05, 0) is 93.4 Å². The quantitative estimate of drug-likeness (QED) is 0.255. The smallest absolute Gasteiger partial charge is 0.266 e. The molecule has 3 aromatic rings. The van der Waals surface area contributed by atoms with Crippen LogP contribution in [0.15, 0.2) is 79.5 Å². The van der Waals surface area contributed by atoms with Crippen LogP contribution in [0.1, 0.15) is 11.1 Å². The van der Waals surface area contributed by atoms with Crippen molar-refractivity contribution in [1.82, 2.24) is 4.90 Å². The SMILES string of the molecule is COc1cc(/C=C2\SC(=Nc3ccc(N4CCOCC4)cc3)N(C)C2=O)cc(Br)c1OCc1ccc(Br)cc1. The van der Waals surface area contributed by atoms with Crippen molar-refractivity contribution in [2.24, 2.45) is 4.99 Å². The summed E-state index contributed by atoms with van der Waals surface area (Å²) in [6.07, 6.45) is 1.85. The van der Waals surface area contributed by atoms with E-state index in [0.717, 1.165) is 57.8 Å². The minimum atomic E-state index is -0.102. The number of amides is 1. The maximum atomic E-state index is 13.0. The molecule has 7 nitrogen and oxygen atoms in total. The van der Waals surface area contributed by atoms with Gasteiger partial charge in [-0.3, -0.25) is 9.69 Å². The first-order chi connectivity index (χ1) is 18.9. The molecule has 10 heteroatoms. The van der Waals surface area contributed by atoms with E-state index < -0.39 is 0 Å². The molecule has 1 amide bonds. The maximum absolute atomic E-state index is 13.0. The predicted octanol–water partition coefficient (Wildman–Crippen LogP) is 6.87. The summed E-state index contributed by atoms with van der Waals surface area (Å²) in [6, 6.07) is 19.8. The van der Waals surface area contributed by atoms with Crippen LogP contribution in [0.5, 0.6) is 11.5 Å². The molecule has 0 bridgehead atoms. The Morgan fingerprint density at radius 2 is 1.77 bits per heavy atom. The first-order valence-corrected chi connectivity index (χ1v) is 14.8. The van der Waals surface area contributed by atoms with Gasteiger partial charge in [0.05, 0.1) is 35.4 Å². The number of nitrogens with zero attached hydrogens (tertiary/aromatic N) is 3. The molecule has 0 aliphatic carbocycles. The van der Waals surface area contributed by atoms with E-state index in [-0.39, 0.29) is 5.91 Å². The molecule has 5 rings (SSSR count). The first-order valence-electron chi connectivity index (χ1n) is 12.3. The van der Waals surface area contributed by atoms with Crippen LogP contribution in [-0.4, -0.2) is 56.4 Å². The Kier molecular flexibility index (Phi) is 8.96. The summed E-state index contributed by atoms with van der Waals surface area (Å²) in [7, 11) is 3.34. The lowest BCUT2D eigenvalue weighted by molar-refractivity contribution is -0.121. The molecule has 0 aromatic heterocycles. The van der Waals surface area contributed by atoms with Crippen molar-refractivity contribution < 1.29 is 19.0 Å². The molecule has 0 atom stereocenters. The number of carbonyl (C=O) groups excluding carboxylic acids is 1. The molecule has 202 valence electrons. The third kappa shape index (κ3) is 6.69. The number of aliphatic imine (C=N–C) groups is 1. The molecule has 0 radical (unpaired) electrons. The van der Waals surface area contributed by atoms with Gasteiger partial charge in [0.1, 0.15) is 6.61 Å². The van der Waals surface area contributed by atoms with Gasteiger partial charge >= 0.3 is 0 Å². The minimum Gasteiger partial charge on any atom is -0.493 e. The van der Waals surface area contributed by atoms with Gasteiger partial charge in [0.2, 0.25) is 0 Å². The molecular formula is C29H27Br2N3O4S. The number of rotatable bonds is 7. The van der Waals surface area contributed by atoms with Gasteiger partial charge in [0.15, 0.2) is 16.7 Å². The maximum Gasteiger partial charge on any atom is 0.266 e. The van der Waals surface area contributed by atoms with Crippen molar-refractivity contribution in [3.8, 4) is 11.5 Å². The van der Waals surface area contributed by atoms with Gasteiger partial charge in [-0.1, -0.05) is 28.1 Å². The Morgan fingerprint density at radius 1 is 1.05 bits per heavy atom. The predicted molar refractivity (Wildman–Crippen MR) is 164 cm³/mol. The third-order valence-electron chi connectivity index (χ3n) is 6.30. The Morgan fingerprint density at radius 3 is 2.46 bits per heavy atom. The van der Waals surface area contributed by atoms with Crippen molar-refractivity contribution in [1.29, 1.82) is 0 Å². The van der Waals surface area contributed by atoms with Crippen LogP contribution in [0, 0.1) is 0 Å². The van der Waals surface area contributed by atoms with E-state index in [4.69, 9.17) is 19.2 Å². The number of amidine groups is 1. The highest BCUT2D eigenvalue weighted by Gasteiger charge is 2.30. The summed E-state index contributed by atoms with van der Waals surface area (Å²) in [5, 5.41) is 0.630. The summed E-state index contributed by atoms with van der Waals surface area (Å²) in [5.41, 5.74) is 3.80. The zero-order chi connectivity index (χ0) is 27.4. The molecule has 0 spiro atoms. The molecule has 2 saturated heterocycles. The van der Waals surface area contributed by atoms with E-state index in [2.05, 4.69) is 48.9 Å². The fourth-order valence-corrected chi connectivity index (χ4v) is 6.00. The topological polar surface area (TPSA) is 63.6 Å². The van der Waals surface area contributed by atoms with E-state index in [9.17, 15) is 4.79 Å². The van der Waals surface area contributed by atoms with Gasteiger partial charge in [-0.25, -0.2) is 4.99 Å². The van der Waals surface area contributed by atoms with Crippen LogP contribution >= 0.6 is 43.6 Å². The van der Waals surface area contributed by atoms with Crippen molar-refractivity contribution in [3.63, 3.8) is 0 Å². The Hall–Kier alpha value is -2.79. The lowest BCUT2D eigenvalue weighted by Crippen LogP contribution is -2.36. The average molecular weight is 673 g/mol. The second kappa shape index (κ2) is 12.6. The number of hydrogen-bond donors (Lipinski definition) is 0. The van der Waals surface area contributed by atoms with Crippen molar-refractivity contribution in [2.45, 2.75) is 6.61 Å². The fourth-order valence-electron chi connectivity index (χ4n) is 4.17.